The van der Waals surface area contributed by atoms with Crippen molar-refractivity contribution in [2.75, 3.05) is 31.2 Å². The van der Waals surface area contributed by atoms with Crippen molar-refractivity contribution in [3.8, 4) is 0 Å². The Labute approximate surface area is 238 Å². The number of thiazole rings is 1. The SMILES string of the molecule is O=C(Cn1c2c(sc1=O)[C@@H](c1ccc(F)cc1)[C@@H]1C(=O)N(c3cccc(C(F)(F)F)c3)C(=O)[C@@H]1S2)N1CCOCC1. The fraction of sp³-hybridized carbons (Fsp3) is 0.333. The molecule has 0 unspecified atom stereocenters. The molecule has 6 rings (SSSR count). The van der Waals surface area contributed by atoms with Gasteiger partial charge in [-0.2, -0.15) is 13.2 Å². The molecule has 3 aliphatic rings. The molecule has 3 atom stereocenters. The van der Waals surface area contributed by atoms with Crippen molar-refractivity contribution >= 4 is 46.5 Å². The van der Waals surface area contributed by atoms with Gasteiger partial charge in [0.05, 0.1) is 35.4 Å². The zero-order chi connectivity index (χ0) is 29.1. The van der Waals surface area contributed by atoms with E-state index in [2.05, 4.69) is 0 Å². The van der Waals surface area contributed by atoms with Gasteiger partial charge in [0.15, 0.2) is 0 Å². The summed E-state index contributed by atoms with van der Waals surface area (Å²) < 4.78 is 60.7. The highest BCUT2D eigenvalue weighted by molar-refractivity contribution is 8.00. The first kappa shape index (κ1) is 27.7. The lowest BCUT2D eigenvalue weighted by atomic mass is 9.83. The van der Waals surface area contributed by atoms with E-state index in [-0.39, 0.29) is 18.1 Å². The molecule has 0 N–H and O–H groups in total. The number of aromatic nitrogens is 1. The summed E-state index contributed by atoms with van der Waals surface area (Å²) in [6, 6.07) is 9.27. The van der Waals surface area contributed by atoms with Crippen LogP contribution in [0, 0.1) is 11.7 Å². The maximum absolute atomic E-state index is 13.8. The van der Waals surface area contributed by atoms with E-state index in [4.69, 9.17) is 4.74 Å². The number of carbonyl (C=O) groups excluding carboxylic acids is 3. The number of imide groups is 1. The Bertz CT molecular complexity index is 1600. The average Bonchev–Trinajstić information content (AvgIpc) is 3.39. The number of fused-ring (bicyclic) bond motifs is 2. The van der Waals surface area contributed by atoms with Crippen molar-refractivity contribution in [1.82, 2.24) is 9.47 Å². The van der Waals surface area contributed by atoms with E-state index in [0.29, 0.717) is 41.8 Å². The van der Waals surface area contributed by atoms with E-state index in [1.54, 1.807) is 4.90 Å². The van der Waals surface area contributed by atoms with Crippen LogP contribution >= 0.6 is 23.1 Å². The Morgan fingerprint density at radius 2 is 1.71 bits per heavy atom. The zero-order valence-electron chi connectivity index (χ0n) is 21.1. The van der Waals surface area contributed by atoms with Gasteiger partial charge in [0.2, 0.25) is 17.7 Å². The van der Waals surface area contributed by atoms with Gasteiger partial charge in [-0.15, -0.1) is 0 Å². The number of rotatable bonds is 4. The molecule has 0 radical (unpaired) electrons. The Kier molecular flexibility index (Phi) is 7.02. The van der Waals surface area contributed by atoms with E-state index in [1.165, 1.54) is 34.9 Å². The summed E-state index contributed by atoms with van der Waals surface area (Å²) in [5, 5.41) is -0.748. The van der Waals surface area contributed by atoms with Gasteiger partial charge in [0.1, 0.15) is 17.6 Å². The highest BCUT2D eigenvalue weighted by Gasteiger charge is 2.57. The van der Waals surface area contributed by atoms with Gasteiger partial charge in [-0.3, -0.25) is 23.7 Å². The molecule has 2 fully saturated rings. The van der Waals surface area contributed by atoms with Crippen LogP contribution in [0.2, 0.25) is 0 Å². The van der Waals surface area contributed by atoms with Gasteiger partial charge in [-0.05, 0) is 35.9 Å². The molecule has 4 heterocycles. The van der Waals surface area contributed by atoms with Crippen LogP contribution in [0.15, 0.2) is 58.4 Å². The minimum Gasteiger partial charge on any atom is -0.378 e. The molecule has 3 amide bonds. The lowest BCUT2D eigenvalue weighted by molar-refractivity contribution is -0.138. The van der Waals surface area contributed by atoms with Crippen LogP contribution in [0.25, 0.3) is 0 Å². The van der Waals surface area contributed by atoms with E-state index in [0.717, 1.165) is 46.2 Å². The third-order valence-electron chi connectivity index (χ3n) is 7.37. The topological polar surface area (TPSA) is 88.9 Å². The Hall–Kier alpha value is -3.49. The van der Waals surface area contributed by atoms with Gasteiger partial charge in [0.25, 0.3) is 0 Å². The molecule has 2 aromatic carbocycles. The molecule has 2 saturated heterocycles. The van der Waals surface area contributed by atoms with Crippen LogP contribution in [0.1, 0.15) is 21.9 Å². The average molecular weight is 608 g/mol. The number of hydrogen-bond donors (Lipinski definition) is 0. The van der Waals surface area contributed by atoms with Crippen molar-refractivity contribution in [2.24, 2.45) is 5.92 Å². The van der Waals surface area contributed by atoms with Crippen molar-refractivity contribution in [1.29, 1.82) is 0 Å². The van der Waals surface area contributed by atoms with Crippen molar-refractivity contribution in [3.05, 3.63) is 80.0 Å². The minimum absolute atomic E-state index is 0.217. The number of thioether (sulfide) groups is 1. The molecule has 0 spiro atoms. The quantitative estimate of drug-likeness (QED) is 0.332. The first-order chi connectivity index (χ1) is 19.5. The summed E-state index contributed by atoms with van der Waals surface area (Å²) in [5.74, 6) is -4.22. The number of alkyl halides is 3. The van der Waals surface area contributed by atoms with Crippen LogP contribution in [-0.4, -0.2) is 58.7 Å². The number of nitrogens with zero attached hydrogens (tertiary/aromatic N) is 3. The second-order valence-electron chi connectivity index (χ2n) is 9.77. The second kappa shape index (κ2) is 10.4. The van der Waals surface area contributed by atoms with E-state index in [9.17, 15) is 36.7 Å². The summed E-state index contributed by atoms with van der Waals surface area (Å²) in [5.41, 5.74) is -0.767. The summed E-state index contributed by atoms with van der Waals surface area (Å²) in [6.45, 7) is 1.19. The van der Waals surface area contributed by atoms with Gasteiger partial charge < -0.3 is 9.64 Å². The van der Waals surface area contributed by atoms with Crippen molar-refractivity contribution in [2.45, 2.75) is 28.9 Å². The van der Waals surface area contributed by atoms with Crippen LogP contribution in [0.5, 0.6) is 0 Å². The Morgan fingerprint density at radius 1 is 1.00 bits per heavy atom. The molecular weight excluding hydrogens is 586 g/mol. The number of anilines is 1. The molecule has 3 aliphatic heterocycles. The maximum Gasteiger partial charge on any atom is 0.416 e. The summed E-state index contributed by atoms with van der Waals surface area (Å²) in [4.78, 5) is 56.1. The first-order valence-electron chi connectivity index (χ1n) is 12.6. The number of hydrogen-bond acceptors (Lipinski definition) is 7. The standard InChI is InChI=1S/C27H21F4N3O5S2/c28-16-6-4-14(5-7-16)19-20-21(24(37)34(23(20)36)17-3-1-2-15(12-17)27(29,30)31)40-25-22(19)41-26(38)33(25)13-18(35)32-8-10-39-11-9-32/h1-7,12,19-21H,8-11,13H2/t19-,20-,21+/m0/s1. The van der Waals surface area contributed by atoms with Crippen LogP contribution in [0.4, 0.5) is 23.2 Å². The number of ether oxygens (including phenoxy) is 1. The number of benzene rings is 2. The predicted octanol–water partition coefficient (Wildman–Crippen LogP) is 3.72. The molecule has 214 valence electrons. The Balaban J connectivity index is 1.43. The third kappa shape index (κ3) is 4.87. The predicted molar refractivity (Wildman–Crippen MR) is 141 cm³/mol. The lowest BCUT2D eigenvalue weighted by Gasteiger charge is -2.31. The van der Waals surface area contributed by atoms with Gasteiger partial charge in [-0.25, -0.2) is 9.29 Å². The van der Waals surface area contributed by atoms with Crippen molar-refractivity contribution < 1.29 is 36.7 Å². The van der Waals surface area contributed by atoms with Crippen molar-refractivity contribution in [3.63, 3.8) is 0 Å². The largest absolute Gasteiger partial charge is 0.416 e. The summed E-state index contributed by atoms with van der Waals surface area (Å²) >= 11 is 1.79. The number of amides is 3. The van der Waals surface area contributed by atoms with Crippen LogP contribution in [-0.2, 0) is 31.8 Å². The second-order valence-corrected chi connectivity index (χ2v) is 11.9. The highest BCUT2D eigenvalue weighted by atomic mass is 32.2. The normalized spacial score (nSPS) is 22.6. The van der Waals surface area contributed by atoms with Gasteiger partial charge in [0, 0.05) is 23.9 Å². The molecule has 1 aromatic heterocycles. The molecular formula is C27H21F4N3O5S2. The Morgan fingerprint density at radius 3 is 2.39 bits per heavy atom. The highest BCUT2D eigenvalue weighted by Crippen LogP contribution is 2.54. The summed E-state index contributed by atoms with van der Waals surface area (Å²) in [7, 11) is 0. The minimum atomic E-state index is -4.69. The van der Waals surface area contributed by atoms with Gasteiger partial charge in [-0.1, -0.05) is 41.3 Å². The van der Waals surface area contributed by atoms with E-state index >= 15 is 0 Å². The summed E-state index contributed by atoms with van der Waals surface area (Å²) in [6.07, 6.45) is -4.69. The molecule has 41 heavy (non-hydrogen) atoms. The molecule has 8 nitrogen and oxygen atoms in total. The van der Waals surface area contributed by atoms with Gasteiger partial charge >= 0.3 is 11.0 Å². The zero-order valence-corrected chi connectivity index (χ0v) is 22.7. The van der Waals surface area contributed by atoms with Crippen LogP contribution in [0.3, 0.4) is 0 Å². The number of carbonyl (C=O) groups is 3. The molecule has 0 aliphatic carbocycles. The third-order valence-corrected chi connectivity index (χ3v) is 9.97. The fourth-order valence-electron chi connectivity index (χ4n) is 5.41. The number of morpholine rings is 1. The molecule has 0 saturated carbocycles. The maximum atomic E-state index is 13.8. The number of halogens is 4. The molecule has 14 heteroatoms. The first-order valence-corrected chi connectivity index (χ1v) is 14.3. The molecule has 3 aromatic rings. The van der Waals surface area contributed by atoms with E-state index in [1.807, 2.05) is 0 Å². The van der Waals surface area contributed by atoms with Crippen LogP contribution < -0.4 is 9.77 Å². The smallest absolute Gasteiger partial charge is 0.378 e. The fourth-order valence-corrected chi connectivity index (χ4v) is 8.18. The lowest BCUT2D eigenvalue weighted by Crippen LogP contribution is -2.43. The van der Waals surface area contributed by atoms with E-state index < -0.39 is 51.3 Å². The molecule has 0 bridgehead atoms. The monoisotopic (exact) mass is 607 g/mol.